The lowest BCUT2D eigenvalue weighted by atomic mass is 9.97. The van der Waals surface area contributed by atoms with Crippen molar-refractivity contribution >= 4 is 10.9 Å². The van der Waals surface area contributed by atoms with Crippen molar-refractivity contribution in [2.24, 2.45) is 0 Å². The van der Waals surface area contributed by atoms with Crippen LogP contribution in [0.25, 0.3) is 22.0 Å². The molecule has 0 atom stereocenters. The SMILES string of the molecule is COc1cc(C(C)C)ccc1-c1ccc2cc3n(c2c1)CCNCC3. The fourth-order valence-corrected chi connectivity index (χ4v) is 3.79. The van der Waals surface area contributed by atoms with E-state index in [-0.39, 0.29) is 0 Å². The third kappa shape index (κ3) is 2.93. The van der Waals surface area contributed by atoms with Crippen molar-refractivity contribution in [2.45, 2.75) is 32.7 Å². The van der Waals surface area contributed by atoms with E-state index in [0.29, 0.717) is 5.92 Å². The molecule has 0 aliphatic carbocycles. The lowest BCUT2D eigenvalue weighted by Gasteiger charge is -2.14. The Morgan fingerprint density at radius 1 is 1.04 bits per heavy atom. The van der Waals surface area contributed by atoms with Gasteiger partial charge in [0.2, 0.25) is 0 Å². The molecule has 1 aromatic heterocycles. The first-order valence-electron chi connectivity index (χ1n) is 9.18. The normalized spacial score (nSPS) is 14.6. The highest BCUT2D eigenvalue weighted by Gasteiger charge is 2.14. The first-order chi connectivity index (χ1) is 12.2. The zero-order valence-electron chi connectivity index (χ0n) is 15.3. The average molecular weight is 334 g/mol. The summed E-state index contributed by atoms with van der Waals surface area (Å²) in [5.74, 6) is 1.45. The quantitative estimate of drug-likeness (QED) is 0.758. The van der Waals surface area contributed by atoms with Crippen molar-refractivity contribution in [1.29, 1.82) is 0 Å². The molecule has 3 nitrogen and oxygen atoms in total. The van der Waals surface area contributed by atoms with Crippen LogP contribution in [0, 0.1) is 0 Å². The predicted molar refractivity (Wildman–Crippen MR) is 105 cm³/mol. The van der Waals surface area contributed by atoms with E-state index < -0.39 is 0 Å². The van der Waals surface area contributed by atoms with Gasteiger partial charge in [0.25, 0.3) is 0 Å². The molecule has 2 heterocycles. The van der Waals surface area contributed by atoms with Crippen molar-refractivity contribution in [3.05, 3.63) is 53.7 Å². The van der Waals surface area contributed by atoms with Gasteiger partial charge in [-0.3, -0.25) is 0 Å². The van der Waals surface area contributed by atoms with Crippen LogP contribution in [0.3, 0.4) is 0 Å². The van der Waals surface area contributed by atoms with Gasteiger partial charge in [-0.2, -0.15) is 0 Å². The number of aromatic nitrogens is 1. The number of hydrogen-bond acceptors (Lipinski definition) is 2. The van der Waals surface area contributed by atoms with E-state index in [4.69, 9.17) is 4.74 Å². The first kappa shape index (κ1) is 16.2. The van der Waals surface area contributed by atoms with E-state index in [1.165, 1.54) is 27.7 Å². The zero-order chi connectivity index (χ0) is 17.4. The number of fused-ring (bicyclic) bond motifs is 3. The minimum Gasteiger partial charge on any atom is -0.496 e. The van der Waals surface area contributed by atoms with Gasteiger partial charge in [-0.1, -0.05) is 38.1 Å². The average Bonchev–Trinajstić information content (AvgIpc) is 2.81. The lowest BCUT2D eigenvalue weighted by Crippen LogP contribution is -2.17. The Labute approximate surface area is 149 Å². The highest BCUT2D eigenvalue weighted by Crippen LogP contribution is 2.35. The van der Waals surface area contributed by atoms with Crippen molar-refractivity contribution in [2.75, 3.05) is 20.2 Å². The smallest absolute Gasteiger partial charge is 0.126 e. The molecule has 3 heteroatoms. The summed E-state index contributed by atoms with van der Waals surface area (Å²) >= 11 is 0. The van der Waals surface area contributed by atoms with Crippen LogP contribution in [0.5, 0.6) is 5.75 Å². The monoisotopic (exact) mass is 334 g/mol. The van der Waals surface area contributed by atoms with E-state index in [1.54, 1.807) is 7.11 Å². The van der Waals surface area contributed by atoms with E-state index in [0.717, 1.165) is 37.4 Å². The van der Waals surface area contributed by atoms with Crippen LogP contribution in [0.4, 0.5) is 0 Å². The van der Waals surface area contributed by atoms with Crippen LogP contribution in [0.1, 0.15) is 31.0 Å². The molecule has 25 heavy (non-hydrogen) atoms. The van der Waals surface area contributed by atoms with Crippen LogP contribution in [-0.4, -0.2) is 24.8 Å². The minimum atomic E-state index is 0.499. The molecule has 1 N–H and O–H groups in total. The Kier molecular flexibility index (Phi) is 4.26. The van der Waals surface area contributed by atoms with Crippen LogP contribution in [0.15, 0.2) is 42.5 Å². The second-order valence-electron chi connectivity index (χ2n) is 7.18. The maximum Gasteiger partial charge on any atom is 0.126 e. The summed E-state index contributed by atoms with van der Waals surface area (Å²) in [4.78, 5) is 0. The van der Waals surface area contributed by atoms with Crippen molar-refractivity contribution in [1.82, 2.24) is 9.88 Å². The molecule has 4 rings (SSSR count). The Balaban J connectivity index is 1.83. The molecular formula is C22H26N2O. The Morgan fingerprint density at radius 2 is 1.92 bits per heavy atom. The van der Waals surface area contributed by atoms with Gasteiger partial charge in [0, 0.05) is 42.8 Å². The largest absolute Gasteiger partial charge is 0.496 e. The number of ether oxygens (including phenoxy) is 1. The van der Waals surface area contributed by atoms with Gasteiger partial charge in [-0.15, -0.1) is 0 Å². The highest BCUT2D eigenvalue weighted by molar-refractivity contribution is 5.87. The summed E-state index contributed by atoms with van der Waals surface area (Å²) in [5.41, 5.74) is 6.45. The van der Waals surface area contributed by atoms with Gasteiger partial charge in [-0.05, 0) is 40.6 Å². The maximum absolute atomic E-state index is 5.70. The Morgan fingerprint density at radius 3 is 2.72 bits per heavy atom. The van der Waals surface area contributed by atoms with E-state index in [9.17, 15) is 0 Å². The van der Waals surface area contributed by atoms with Gasteiger partial charge < -0.3 is 14.6 Å². The predicted octanol–water partition coefficient (Wildman–Crippen LogP) is 4.59. The third-order valence-corrected chi connectivity index (χ3v) is 5.26. The molecule has 0 unspecified atom stereocenters. The van der Waals surface area contributed by atoms with Gasteiger partial charge in [0.1, 0.15) is 5.75 Å². The molecule has 0 saturated heterocycles. The number of methoxy groups -OCH3 is 1. The van der Waals surface area contributed by atoms with Crippen molar-refractivity contribution < 1.29 is 4.74 Å². The summed E-state index contributed by atoms with van der Waals surface area (Å²) in [6, 6.07) is 15.7. The molecule has 0 spiro atoms. The molecule has 0 bridgehead atoms. The topological polar surface area (TPSA) is 26.2 Å². The second-order valence-corrected chi connectivity index (χ2v) is 7.18. The first-order valence-corrected chi connectivity index (χ1v) is 9.18. The highest BCUT2D eigenvalue weighted by atomic mass is 16.5. The van der Waals surface area contributed by atoms with E-state index in [1.807, 2.05) is 0 Å². The van der Waals surface area contributed by atoms with E-state index >= 15 is 0 Å². The fourth-order valence-electron chi connectivity index (χ4n) is 3.79. The molecular weight excluding hydrogens is 308 g/mol. The molecule has 0 radical (unpaired) electrons. The van der Waals surface area contributed by atoms with Gasteiger partial charge in [-0.25, -0.2) is 0 Å². The minimum absolute atomic E-state index is 0.499. The lowest BCUT2D eigenvalue weighted by molar-refractivity contribution is 0.415. The van der Waals surface area contributed by atoms with Gasteiger partial charge in [0.05, 0.1) is 7.11 Å². The number of hydrogen-bond donors (Lipinski definition) is 1. The Hall–Kier alpha value is -2.26. The second kappa shape index (κ2) is 6.57. The van der Waals surface area contributed by atoms with Crippen molar-refractivity contribution in [3.8, 4) is 16.9 Å². The molecule has 0 fully saturated rings. The van der Waals surface area contributed by atoms with Gasteiger partial charge in [0.15, 0.2) is 0 Å². The van der Waals surface area contributed by atoms with E-state index in [2.05, 4.69) is 66.2 Å². The zero-order valence-corrected chi connectivity index (χ0v) is 15.3. The Bertz CT molecular complexity index is 908. The summed E-state index contributed by atoms with van der Waals surface area (Å²) in [6.45, 7) is 7.56. The number of rotatable bonds is 3. The van der Waals surface area contributed by atoms with Crippen molar-refractivity contribution in [3.63, 3.8) is 0 Å². The number of nitrogens with one attached hydrogen (secondary N) is 1. The van der Waals surface area contributed by atoms with Crippen LogP contribution >= 0.6 is 0 Å². The van der Waals surface area contributed by atoms with Crippen LogP contribution < -0.4 is 10.1 Å². The summed E-state index contributed by atoms with van der Waals surface area (Å²) in [6.07, 6.45) is 1.09. The molecule has 130 valence electrons. The molecule has 0 amide bonds. The molecule has 0 saturated carbocycles. The van der Waals surface area contributed by atoms with Crippen LogP contribution in [-0.2, 0) is 13.0 Å². The van der Waals surface area contributed by atoms with Gasteiger partial charge >= 0.3 is 0 Å². The molecule has 3 aromatic rings. The maximum atomic E-state index is 5.70. The molecule has 1 aliphatic rings. The standard InChI is InChI=1S/C22H26N2O/c1-15(2)16-6-7-20(22(14-16)25-3)17-4-5-18-12-19-8-9-23-10-11-24(19)21(18)13-17/h4-7,12-15,23H,8-11H2,1-3H3. The van der Waals surface area contributed by atoms with Crippen LogP contribution in [0.2, 0.25) is 0 Å². The number of benzene rings is 2. The summed E-state index contributed by atoms with van der Waals surface area (Å²) < 4.78 is 8.17. The summed E-state index contributed by atoms with van der Waals surface area (Å²) in [7, 11) is 1.76. The fraction of sp³-hybridized carbons (Fsp3) is 0.364. The molecule has 2 aromatic carbocycles. The molecule has 1 aliphatic heterocycles. The summed E-state index contributed by atoms with van der Waals surface area (Å²) in [5, 5.41) is 4.82. The number of nitrogens with zero attached hydrogens (tertiary/aromatic N) is 1. The third-order valence-electron chi connectivity index (χ3n) is 5.26.